The maximum absolute atomic E-state index is 11.9. The highest BCUT2D eigenvalue weighted by molar-refractivity contribution is 6.10. The van der Waals surface area contributed by atoms with Gasteiger partial charge in [-0.15, -0.1) is 0 Å². The van der Waals surface area contributed by atoms with E-state index in [4.69, 9.17) is 30.6 Å². The summed E-state index contributed by atoms with van der Waals surface area (Å²) in [5, 5.41) is 68.9. The standard InChI is InChI=1S/6C13H10N2O3/c16-12(10-4-2-6-14-8-10)15-11-5-1-3-9(7-11)13(17)18;16-12(10-2-1-7-14-8-10)15-11-5-3-9(4-6-11)13(17)18;16-12(9-4-3-7-14-8-9)15-11-6-2-1-5-10(11)13(17)18;16-12(11-7-3-4-8-14-11)15-10-6-2-1-5-9(10)13(17)18;16-12(9-4-6-14-7-5-9)15-11-3-1-2-10(8-11)13(17)18;16-12(9-5-7-14-8-6-9)15-11-4-2-1-3-10(11)13(17)18/h6*1-8H,(H,15,16)(H,17,18). The summed E-state index contributed by atoms with van der Waals surface area (Å²) >= 11 is 0. The van der Waals surface area contributed by atoms with Crippen LogP contribution in [0.15, 0.2) is 293 Å². The number of carboxylic acids is 6. The van der Waals surface area contributed by atoms with Gasteiger partial charge in [-0.25, -0.2) is 28.8 Å². The van der Waals surface area contributed by atoms with Crippen LogP contribution in [0.4, 0.5) is 34.1 Å². The molecule has 108 heavy (non-hydrogen) atoms. The summed E-state index contributed by atoms with van der Waals surface area (Å²) in [7, 11) is 0. The summed E-state index contributed by atoms with van der Waals surface area (Å²) in [6, 6.07) is 57.8. The zero-order chi connectivity index (χ0) is 77.7. The minimum atomic E-state index is -1.09. The number of carbonyl (C=O) groups excluding carboxylic acids is 6. The number of aromatic nitrogens is 6. The minimum Gasteiger partial charge on any atom is -0.478 e. The van der Waals surface area contributed by atoms with Gasteiger partial charge in [-0.2, -0.15) is 0 Å². The van der Waals surface area contributed by atoms with Gasteiger partial charge in [0, 0.05) is 96.4 Å². The van der Waals surface area contributed by atoms with Crippen molar-refractivity contribution in [2.45, 2.75) is 0 Å². The largest absolute Gasteiger partial charge is 0.478 e. The number of benzene rings is 6. The fourth-order valence-corrected chi connectivity index (χ4v) is 8.67. The lowest BCUT2D eigenvalue weighted by Gasteiger charge is -2.07. The molecule has 6 heterocycles. The molecule has 30 nitrogen and oxygen atoms in total. The van der Waals surface area contributed by atoms with Crippen LogP contribution in [0.3, 0.4) is 0 Å². The summed E-state index contributed by atoms with van der Waals surface area (Å²) in [5.74, 6) is -8.45. The zero-order valence-electron chi connectivity index (χ0n) is 56.0. The quantitative estimate of drug-likeness (QED) is 0.0379. The van der Waals surface area contributed by atoms with Gasteiger partial charge in [0.1, 0.15) is 5.69 Å². The first-order valence-corrected chi connectivity index (χ1v) is 31.3. The van der Waals surface area contributed by atoms with Crippen molar-refractivity contribution in [1.29, 1.82) is 0 Å². The van der Waals surface area contributed by atoms with Crippen LogP contribution in [-0.4, -0.2) is 132 Å². The molecular weight excluding hydrogens is 1390 g/mol. The number of carbonyl (C=O) groups is 12. The maximum Gasteiger partial charge on any atom is 0.337 e. The van der Waals surface area contributed by atoms with Gasteiger partial charge in [0.15, 0.2) is 0 Å². The van der Waals surface area contributed by atoms with Crippen LogP contribution < -0.4 is 31.9 Å². The van der Waals surface area contributed by atoms with E-state index in [1.807, 2.05) is 0 Å². The van der Waals surface area contributed by atoms with Gasteiger partial charge in [-0.3, -0.25) is 58.7 Å². The van der Waals surface area contributed by atoms with E-state index >= 15 is 0 Å². The Balaban J connectivity index is 0.000000180. The molecule has 0 atom stereocenters. The van der Waals surface area contributed by atoms with Gasteiger partial charge >= 0.3 is 35.8 Å². The molecule has 0 aliphatic rings. The molecule has 0 radical (unpaired) electrons. The van der Waals surface area contributed by atoms with Crippen molar-refractivity contribution in [2.24, 2.45) is 0 Å². The number of anilines is 6. The molecule has 0 aliphatic carbocycles. The molecule has 12 aromatic rings. The van der Waals surface area contributed by atoms with Crippen molar-refractivity contribution >= 4 is 105 Å². The Morgan fingerprint density at radius 1 is 0.222 bits per heavy atom. The molecule has 12 N–H and O–H groups in total. The molecule has 6 aromatic carbocycles. The molecule has 12 rings (SSSR count). The third-order valence-electron chi connectivity index (χ3n) is 13.9. The van der Waals surface area contributed by atoms with E-state index in [0.717, 1.165) is 0 Å². The van der Waals surface area contributed by atoms with Crippen LogP contribution in [0.25, 0.3) is 0 Å². The molecule has 30 heteroatoms. The summed E-state index contributed by atoms with van der Waals surface area (Å²) < 4.78 is 0. The molecule has 540 valence electrons. The van der Waals surface area contributed by atoms with Crippen molar-refractivity contribution in [2.75, 3.05) is 31.9 Å². The smallest absolute Gasteiger partial charge is 0.337 e. The lowest BCUT2D eigenvalue weighted by molar-refractivity contribution is 0.0686. The van der Waals surface area contributed by atoms with E-state index in [2.05, 4.69) is 61.8 Å². The first-order valence-electron chi connectivity index (χ1n) is 31.3. The SMILES string of the molecule is O=C(Nc1ccccc1C(=O)O)c1ccccn1.O=C(Nc1ccccc1C(=O)O)c1cccnc1.O=C(Nc1ccccc1C(=O)O)c1ccncc1.O=C(O)c1ccc(NC(=O)c2cccnc2)cc1.O=C(O)c1cccc(NC(=O)c2cccnc2)c1.O=C(O)c1cccc(NC(=O)c2ccncc2)c1. The van der Waals surface area contributed by atoms with Crippen LogP contribution in [-0.2, 0) is 0 Å². The van der Waals surface area contributed by atoms with Crippen LogP contribution in [0, 0.1) is 0 Å². The zero-order valence-corrected chi connectivity index (χ0v) is 56.0. The molecule has 0 aliphatic heterocycles. The average Bonchev–Trinajstić information content (AvgIpc) is 0.826. The number of nitrogens with zero attached hydrogens (tertiary/aromatic N) is 6. The molecule has 0 unspecified atom stereocenters. The molecule has 0 bridgehead atoms. The van der Waals surface area contributed by atoms with E-state index in [9.17, 15) is 57.5 Å². The van der Waals surface area contributed by atoms with Crippen molar-refractivity contribution < 1.29 is 88.2 Å². The fourth-order valence-electron chi connectivity index (χ4n) is 8.67. The third kappa shape index (κ3) is 25.5. The van der Waals surface area contributed by atoms with E-state index in [1.54, 1.807) is 164 Å². The Morgan fingerprint density at radius 2 is 0.546 bits per heavy atom. The lowest BCUT2D eigenvalue weighted by atomic mass is 10.1. The van der Waals surface area contributed by atoms with Crippen molar-refractivity contribution in [3.05, 3.63) is 360 Å². The molecule has 6 aromatic heterocycles. The highest BCUT2D eigenvalue weighted by Gasteiger charge is 2.17. The third-order valence-corrected chi connectivity index (χ3v) is 13.9. The molecule has 0 spiro atoms. The van der Waals surface area contributed by atoms with E-state index in [0.29, 0.717) is 44.9 Å². The van der Waals surface area contributed by atoms with E-state index in [1.165, 1.54) is 128 Å². The van der Waals surface area contributed by atoms with Crippen molar-refractivity contribution in [1.82, 2.24) is 29.9 Å². The summed E-state index contributed by atoms with van der Waals surface area (Å²) in [6.45, 7) is 0. The lowest BCUT2D eigenvalue weighted by Crippen LogP contribution is -2.15. The van der Waals surface area contributed by atoms with Gasteiger partial charge in [-0.1, -0.05) is 54.6 Å². The number of carboxylic acid groups (broad SMARTS) is 6. The topological polar surface area (TPSA) is 476 Å². The Bertz CT molecular complexity index is 4770. The number of pyridine rings is 6. The highest BCUT2D eigenvalue weighted by Crippen LogP contribution is 2.20. The molecular formula is C78H60N12O18. The van der Waals surface area contributed by atoms with Gasteiger partial charge in [0.2, 0.25) is 0 Å². The van der Waals surface area contributed by atoms with Gasteiger partial charge in [0.05, 0.1) is 67.1 Å². The Kier molecular flexibility index (Phi) is 30.0. The second-order valence-corrected chi connectivity index (χ2v) is 21.3. The Hall–Kier alpha value is -16.1. The highest BCUT2D eigenvalue weighted by atomic mass is 16.4. The average molecular weight is 1450 g/mol. The Labute approximate surface area is 612 Å². The number of amides is 6. The van der Waals surface area contributed by atoms with Crippen LogP contribution in [0.1, 0.15) is 124 Å². The van der Waals surface area contributed by atoms with E-state index < -0.39 is 47.6 Å². The number of nitrogens with one attached hydrogen (secondary N) is 6. The Morgan fingerprint density at radius 3 is 0.889 bits per heavy atom. The molecule has 6 amide bonds. The number of aromatic carboxylic acids is 6. The predicted octanol–water partition coefficient (Wildman–Crippen LogP) is 12.2. The monoisotopic (exact) mass is 1450 g/mol. The van der Waals surface area contributed by atoms with Crippen LogP contribution >= 0.6 is 0 Å². The van der Waals surface area contributed by atoms with Crippen molar-refractivity contribution in [3.8, 4) is 0 Å². The maximum atomic E-state index is 11.9. The van der Waals surface area contributed by atoms with Gasteiger partial charge in [0.25, 0.3) is 35.4 Å². The van der Waals surface area contributed by atoms with E-state index in [-0.39, 0.29) is 79.8 Å². The first kappa shape index (κ1) is 79.2. The molecule has 0 saturated carbocycles. The normalized spacial score (nSPS) is 9.78. The number of rotatable bonds is 18. The van der Waals surface area contributed by atoms with Crippen molar-refractivity contribution in [3.63, 3.8) is 0 Å². The van der Waals surface area contributed by atoms with Crippen LogP contribution in [0.2, 0.25) is 0 Å². The summed E-state index contributed by atoms with van der Waals surface area (Å²) in [5.41, 5.74) is 5.12. The van der Waals surface area contributed by atoms with Gasteiger partial charge < -0.3 is 62.5 Å². The summed E-state index contributed by atoms with van der Waals surface area (Å²) in [6.07, 6.45) is 16.6. The van der Waals surface area contributed by atoms with Gasteiger partial charge in [-0.05, 0) is 170 Å². The second-order valence-electron chi connectivity index (χ2n) is 21.3. The second kappa shape index (κ2) is 40.9. The van der Waals surface area contributed by atoms with Crippen LogP contribution in [0.5, 0.6) is 0 Å². The summed E-state index contributed by atoms with van der Waals surface area (Å²) in [4.78, 5) is 159. The first-order chi connectivity index (χ1) is 52.0. The number of para-hydroxylation sites is 3. The number of hydrogen-bond donors (Lipinski definition) is 12. The number of hydrogen-bond acceptors (Lipinski definition) is 18. The molecule has 0 saturated heterocycles. The fraction of sp³-hybridized carbons (Fsp3) is 0. The minimum absolute atomic E-state index is 0.0433. The molecule has 0 fully saturated rings. The predicted molar refractivity (Wildman–Crippen MR) is 394 cm³/mol.